The van der Waals surface area contributed by atoms with Crippen molar-refractivity contribution in [2.75, 3.05) is 5.33 Å². The summed E-state index contributed by atoms with van der Waals surface area (Å²) in [4.78, 5) is 34.8. The summed E-state index contributed by atoms with van der Waals surface area (Å²) >= 11 is 3.02. The van der Waals surface area contributed by atoms with Crippen LogP contribution in [0.1, 0.15) is 53.4 Å². The van der Waals surface area contributed by atoms with Crippen molar-refractivity contribution >= 4 is 33.8 Å². The van der Waals surface area contributed by atoms with Gasteiger partial charge in [-0.3, -0.25) is 4.79 Å². The Bertz CT molecular complexity index is 1040. The maximum Gasteiger partial charge on any atom is 0.351 e. The molecule has 0 aromatic carbocycles. The van der Waals surface area contributed by atoms with Gasteiger partial charge in [0.2, 0.25) is 5.60 Å². The van der Waals surface area contributed by atoms with Crippen LogP contribution in [0.2, 0.25) is 0 Å². The summed E-state index contributed by atoms with van der Waals surface area (Å²) in [5.41, 5.74) is -1.78. The van der Waals surface area contributed by atoms with Crippen LogP contribution < -0.4 is 0 Å². The summed E-state index contributed by atoms with van der Waals surface area (Å²) in [6.07, 6.45) is 2.25. The Labute approximate surface area is 216 Å². The van der Waals surface area contributed by atoms with Crippen LogP contribution in [0.3, 0.4) is 0 Å². The first-order chi connectivity index (χ1) is 16.8. The molecule has 4 bridgehead atoms. The van der Waals surface area contributed by atoms with Crippen LogP contribution >= 0.6 is 15.9 Å². The number of esters is 3. The lowest BCUT2D eigenvalue weighted by atomic mass is 9.82. The summed E-state index contributed by atoms with van der Waals surface area (Å²) in [5, 5.41) is 0.0453. The predicted octanol–water partition coefficient (Wildman–Crippen LogP) is 1.78. The minimum atomic E-state index is -1.21. The van der Waals surface area contributed by atoms with Crippen molar-refractivity contribution < 1.29 is 52.3 Å². The number of fused-ring (bicyclic) bond motifs is 7. The fourth-order valence-corrected chi connectivity index (χ4v) is 6.58. The van der Waals surface area contributed by atoms with Crippen LogP contribution in [0.5, 0.6) is 0 Å². The second-order valence-corrected chi connectivity index (χ2v) is 11.8. The Balaban J connectivity index is 0.000000134. The quantitative estimate of drug-likeness (QED) is 0.273. The highest BCUT2D eigenvalue weighted by Crippen LogP contribution is 2.53. The molecular formula is C24H29BrO11. The van der Waals surface area contributed by atoms with E-state index in [0.29, 0.717) is 25.0 Å². The molecule has 0 radical (unpaired) electrons. The van der Waals surface area contributed by atoms with E-state index in [0.717, 1.165) is 0 Å². The molecule has 0 N–H and O–H groups in total. The number of ether oxygens (including phenoxy) is 8. The van der Waals surface area contributed by atoms with Crippen molar-refractivity contribution in [1.82, 2.24) is 0 Å². The van der Waals surface area contributed by atoms with Gasteiger partial charge in [-0.2, -0.15) is 0 Å². The minimum Gasteiger partial charge on any atom is -0.487 e. The van der Waals surface area contributed by atoms with E-state index in [1.54, 1.807) is 0 Å². The van der Waals surface area contributed by atoms with Crippen molar-refractivity contribution in [2.45, 2.75) is 113 Å². The lowest BCUT2D eigenvalue weighted by Crippen LogP contribution is -2.49. The molecule has 198 valence electrons. The Morgan fingerprint density at radius 3 is 2.08 bits per heavy atom. The second kappa shape index (κ2) is 7.89. The summed E-state index contributed by atoms with van der Waals surface area (Å²) in [6.45, 7) is 7.43. The number of carbonyl (C=O) groups is 3. The van der Waals surface area contributed by atoms with Crippen molar-refractivity contribution in [3.05, 3.63) is 11.8 Å². The molecule has 12 heteroatoms. The molecular weight excluding hydrogens is 544 g/mol. The van der Waals surface area contributed by atoms with Crippen molar-refractivity contribution in [1.29, 1.82) is 0 Å². The van der Waals surface area contributed by atoms with E-state index in [1.807, 2.05) is 27.7 Å². The van der Waals surface area contributed by atoms with E-state index in [1.165, 1.54) is 6.08 Å². The zero-order valence-electron chi connectivity index (χ0n) is 20.4. The average molecular weight is 573 g/mol. The molecule has 8 atom stereocenters. The number of hydrogen-bond donors (Lipinski definition) is 0. The molecule has 5 aliphatic heterocycles. The van der Waals surface area contributed by atoms with Gasteiger partial charge in [0.05, 0.1) is 18.3 Å². The number of rotatable bonds is 2. The highest BCUT2D eigenvalue weighted by Gasteiger charge is 2.66. The molecule has 4 saturated heterocycles. The number of carbonyl (C=O) groups excluding carboxylic acids is 3. The van der Waals surface area contributed by atoms with Gasteiger partial charge in [-0.25, -0.2) is 9.59 Å². The third kappa shape index (κ3) is 3.87. The zero-order chi connectivity index (χ0) is 25.7. The molecule has 36 heavy (non-hydrogen) atoms. The predicted molar refractivity (Wildman–Crippen MR) is 120 cm³/mol. The number of hydrogen-bond acceptors (Lipinski definition) is 11. The molecule has 0 aromatic heterocycles. The lowest BCUT2D eigenvalue weighted by molar-refractivity contribution is -0.180. The Morgan fingerprint density at radius 2 is 1.44 bits per heavy atom. The fraction of sp³-hybridized carbons (Fsp3) is 0.792. The van der Waals surface area contributed by atoms with Gasteiger partial charge in [0.15, 0.2) is 17.2 Å². The van der Waals surface area contributed by atoms with Crippen LogP contribution in [0.4, 0.5) is 0 Å². The molecule has 5 heterocycles. The zero-order valence-corrected chi connectivity index (χ0v) is 22.0. The van der Waals surface area contributed by atoms with E-state index in [4.69, 9.17) is 37.9 Å². The van der Waals surface area contributed by atoms with Gasteiger partial charge < -0.3 is 37.9 Å². The van der Waals surface area contributed by atoms with Gasteiger partial charge in [0.1, 0.15) is 35.5 Å². The summed E-state index contributed by atoms with van der Waals surface area (Å²) in [6, 6.07) is 0. The topological polar surface area (TPSA) is 125 Å². The Kier molecular flexibility index (Phi) is 5.39. The molecule has 2 unspecified atom stereocenters. The Morgan fingerprint density at radius 1 is 0.889 bits per heavy atom. The molecule has 6 fully saturated rings. The van der Waals surface area contributed by atoms with Crippen LogP contribution in [0.15, 0.2) is 11.8 Å². The smallest absolute Gasteiger partial charge is 0.351 e. The minimum absolute atomic E-state index is 0.0453. The number of halogens is 1. The lowest BCUT2D eigenvalue weighted by Gasteiger charge is -2.32. The SMILES string of the molecule is CC1(C)OC2[C@H]3C[C@@](OC(=O)CBr)(C[C@H]2O1)C(=O)O3.CC1(C)OC2[C@H]3C[C@]4(C[C@H]2O1)OC(=O)C=C4O3. The first kappa shape index (κ1) is 24.6. The van der Waals surface area contributed by atoms with E-state index in [9.17, 15) is 14.4 Å². The molecule has 1 spiro atoms. The van der Waals surface area contributed by atoms with E-state index in [2.05, 4.69) is 15.9 Å². The van der Waals surface area contributed by atoms with Crippen LogP contribution in [0.25, 0.3) is 0 Å². The van der Waals surface area contributed by atoms with Gasteiger partial charge in [0, 0.05) is 25.7 Å². The maximum atomic E-state index is 12.0. The van der Waals surface area contributed by atoms with Gasteiger partial charge in [-0.15, -0.1) is 0 Å². The summed E-state index contributed by atoms with van der Waals surface area (Å²) in [7, 11) is 0. The standard InChI is InChI=1S/C12H15BrO6.C12H14O5/c1-11(2)17-7-4-12(18-8(14)5-13)3-6(9(7)19-11)16-10(12)15;1-11(2)15-7-5-12-4-6(10(7)17-11)14-8(12)3-9(13)16-12/h6-7,9H,3-5H2,1-2H3;3,6-7,10H,4-5H2,1-2H3/t6-,7-,9?,12-;6-,7-,10?,12-/m11/s1. The Hall–Kier alpha value is -1.73. The molecule has 2 aliphatic carbocycles. The van der Waals surface area contributed by atoms with Crippen molar-refractivity contribution in [2.24, 2.45) is 0 Å². The molecule has 7 aliphatic rings. The third-order valence-electron chi connectivity index (χ3n) is 7.62. The molecule has 7 rings (SSSR count). The van der Waals surface area contributed by atoms with Gasteiger partial charge in [-0.05, 0) is 27.7 Å². The van der Waals surface area contributed by atoms with Crippen LogP contribution in [-0.2, 0) is 52.3 Å². The van der Waals surface area contributed by atoms with E-state index < -0.39 is 40.8 Å². The monoisotopic (exact) mass is 572 g/mol. The largest absolute Gasteiger partial charge is 0.487 e. The van der Waals surface area contributed by atoms with E-state index >= 15 is 0 Å². The van der Waals surface area contributed by atoms with Crippen molar-refractivity contribution in [3.63, 3.8) is 0 Å². The maximum absolute atomic E-state index is 12.0. The second-order valence-electron chi connectivity index (χ2n) is 11.2. The van der Waals surface area contributed by atoms with Gasteiger partial charge >= 0.3 is 17.9 Å². The van der Waals surface area contributed by atoms with E-state index in [-0.39, 0.29) is 48.2 Å². The molecule has 2 saturated carbocycles. The number of alkyl halides is 1. The van der Waals surface area contributed by atoms with Crippen LogP contribution in [0, 0.1) is 0 Å². The highest BCUT2D eigenvalue weighted by molar-refractivity contribution is 9.09. The van der Waals surface area contributed by atoms with Gasteiger partial charge in [-0.1, -0.05) is 15.9 Å². The molecule has 11 nitrogen and oxygen atoms in total. The summed E-state index contributed by atoms with van der Waals surface area (Å²) < 4.78 is 45.1. The average Bonchev–Trinajstić information content (AvgIpc) is 3.48. The first-order valence-electron chi connectivity index (χ1n) is 12.1. The highest BCUT2D eigenvalue weighted by atomic mass is 79.9. The normalized spacial score (nSPS) is 45.8. The summed E-state index contributed by atoms with van der Waals surface area (Å²) in [5.74, 6) is -1.90. The fourth-order valence-electron chi connectivity index (χ4n) is 6.47. The van der Waals surface area contributed by atoms with Crippen LogP contribution in [-0.4, -0.2) is 82.6 Å². The first-order valence-corrected chi connectivity index (χ1v) is 13.3. The van der Waals surface area contributed by atoms with Crippen molar-refractivity contribution in [3.8, 4) is 0 Å². The van der Waals surface area contributed by atoms with Gasteiger partial charge in [0.25, 0.3) is 0 Å². The third-order valence-corrected chi connectivity index (χ3v) is 8.08. The molecule has 0 aromatic rings. The molecule has 0 amide bonds.